The van der Waals surface area contributed by atoms with Gasteiger partial charge in [-0.3, -0.25) is 9.52 Å². The average molecular weight is 463 g/mol. The van der Waals surface area contributed by atoms with Gasteiger partial charge in [-0.15, -0.1) is 0 Å². The van der Waals surface area contributed by atoms with Gasteiger partial charge in [-0.2, -0.15) is 0 Å². The molecular weight excluding hydrogens is 440 g/mol. The van der Waals surface area contributed by atoms with Crippen molar-refractivity contribution in [2.75, 3.05) is 23.8 Å². The van der Waals surface area contributed by atoms with E-state index in [-0.39, 0.29) is 17.4 Å². The van der Waals surface area contributed by atoms with E-state index in [9.17, 15) is 13.2 Å². The number of ether oxygens (including phenoxy) is 2. The number of hydrogen-bond donors (Lipinski definition) is 2. The van der Waals surface area contributed by atoms with E-state index in [1.54, 1.807) is 24.3 Å². The molecule has 0 saturated carbocycles. The van der Waals surface area contributed by atoms with Crippen LogP contribution in [-0.2, 0) is 14.8 Å². The maximum absolute atomic E-state index is 12.6. The third-order valence-electron chi connectivity index (χ3n) is 4.88. The maximum atomic E-state index is 12.6. The maximum Gasteiger partial charge on any atom is 0.262 e. The van der Waals surface area contributed by atoms with Crippen molar-refractivity contribution in [2.24, 2.45) is 0 Å². The van der Waals surface area contributed by atoms with Gasteiger partial charge in [0.25, 0.3) is 15.9 Å². The number of benzene rings is 4. The van der Waals surface area contributed by atoms with E-state index in [1.165, 1.54) is 31.4 Å². The van der Waals surface area contributed by atoms with E-state index in [0.717, 1.165) is 10.8 Å². The van der Waals surface area contributed by atoms with Crippen LogP contribution in [-0.4, -0.2) is 28.0 Å². The number of carbonyl (C=O) groups excluding carboxylic acids is 1. The third kappa shape index (κ3) is 5.61. The first kappa shape index (κ1) is 22.2. The van der Waals surface area contributed by atoms with Gasteiger partial charge >= 0.3 is 0 Å². The summed E-state index contributed by atoms with van der Waals surface area (Å²) >= 11 is 0. The predicted octanol–water partition coefficient (Wildman–Crippen LogP) is 4.67. The molecule has 0 fully saturated rings. The largest absolute Gasteiger partial charge is 0.497 e. The number of hydrogen-bond acceptors (Lipinski definition) is 5. The van der Waals surface area contributed by atoms with Gasteiger partial charge in [-0.05, 0) is 71.4 Å². The molecule has 8 heteroatoms. The molecule has 4 aromatic carbocycles. The average Bonchev–Trinajstić information content (AvgIpc) is 2.83. The van der Waals surface area contributed by atoms with Crippen LogP contribution in [0.25, 0.3) is 10.8 Å². The van der Waals surface area contributed by atoms with Crippen molar-refractivity contribution >= 4 is 38.1 Å². The predicted molar refractivity (Wildman–Crippen MR) is 128 cm³/mol. The number of amides is 1. The Balaban J connectivity index is 1.34. The number of fused-ring (bicyclic) bond motifs is 1. The summed E-state index contributed by atoms with van der Waals surface area (Å²) in [6.45, 7) is -0.169. The Bertz CT molecular complexity index is 1370. The summed E-state index contributed by atoms with van der Waals surface area (Å²) in [5, 5.41) is 4.81. The molecule has 0 bridgehead atoms. The molecule has 4 rings (SSSR count). The summed E-state index contributed by atoms with van der Waals surface area (Å²) in [4.78, 5) is 12.3. The number of carbonyl (C=O) groups is 1. The molecule has 0 aliphatic rings. The molecule has 0 aliphatic carbocycles. The van der Waals surface area contributed by atoms with Gasteiger partial charge in [0, 0.05) is 11.4 Å². The van der Waals surface area contributed by atoms with Crippen molar-refractivity contribution in [2.45, 2.75) is 4.90 Å². The fraction of sp³-hybridized carbons (Fsp3) is 0.0800. The van der Waals surface area contributed by atoms with Gasteiger partial charge in [-0.1, -0.05) is 30.3 Å². The minimum Gasteiger partial charge on any atom is -0.497 e. The molecule has 0 aliphatic heterocycles. The van der Waals surface area contributed by atoms with Crippen molar-refractivity contribution in [1.82, 2.24) is 0 Å². The van der Waals surface area contributed by atoms with Gasteiger partial charge < -0.3 is 14.8 Å². The first-order valence-electron chi connectivity index (χ1n) is 10.1. The highest BCUT2D eigenvalue weighted by molar-refractivity contribution is 7.92. The van der Waals surface area contributed by atoms with Gasteiger partial charge in [0.15, 0.2) is 6.61 Å². The van der Waals surface area contributed by atoms with E-state index in [1.807, 2.05) is 42.5 Å². The summed E-state index contributed by atoms with van der Waals surface area (Å²) in [7, 11) is -2.23. The lowest BCUT2D eigenvalue weighted by atomic mass is 10.1. The van der Waals surface area contributed by atoms with Crippen LogP contribution >= 0.6 is 0 Å². The Morgan fingerprint density at radius 3 is 2.12 bits per heavy atom. The molecule has 0 saturated heterocycles. The molecule has 4 aromatic rings. The molecule has 0 aromatic heterocycles. The second-order valence-electron chi connectivity index (χ2n) is 7.20. The second-order valence-corrected chi connectivity index (χ2v) is 8.89. The molecule has 0 atom stereocenters. The SMILES string of the molecule is COc1ccc(NS(=O)(=O)c2ccc(NC(=O)COc3ccc4ccccc4c3)cc2)cc1. The Labute approximate surface area is 192 Å². The Hall–Kier alpha value is -4.04. The van der Waals surface area contributed by atoms with Crippen LogP contribution in [0.5, 0.6) is 11.5 Å². The van der Waals surface area contributed by atoms with Crippen LogP contribution in [0.15, 0.2) is 95.9 Å². The van der Waals surface area contributed by atoms with E-state index in [2.05, 4.69) is 10.0 Å². The highest BCUT2D eigenvalue weighted by Gasteiger charge is 2.14. The van der Waals surface area contributed by atoms with Crippen molar-refractivity contribution < 1.29 is 22.7 Å². The molecule has 0 unspecified atom stereocenters. The molecule has 1 amide bonds. The Morgan fingerprint density at radius 1 is 0.788 bits per heavy atom. The minimum atomic E-state index is -3.77. The number of rotatable bonds is 8. The second kappa shape index (κ2) is 9.62. The summed E-state index contributed by atoms with van der Waals surface area (Å²) in [6, 6.07) is 25.9. The summed E-state index contributed by atoms with van der Waals surface area (Å²) in [5.74, 6) is 0.868. The zero-order valence-electron chi connectivity index (χ0n) is 17.8. The van der Waals surface area contributed by atoms with Crippen LogP contribution in [0.2, 0.25) is 0 Å². The first-order chi connectivity index (χ1) is 15.9. The van der Waals surface area contributed by atoms with Crippen molar-refractivity contribution in [3.63, 3.8) is 0 Å². The Kier molecular flexibility index (Phi) is 6.46. The minimum absolute atomic E-state index is 0.0729. The lowest BCUT2D eigenvalue weighted by Crippen LogP contribution is -2.20. The normalized spacial score (nSPS) is 11.1. The highest BCUT2D eigenvalue weighted by Crippen LogP contribution is 2.22. The monoisotopic (exact) mass is 462 g/mol. The van der Waals surface area contributed by atoms with Gasteiger partial charge in [0.1, 0.15) is 11.5 Å². The van der Waals surface area contributed by atoms with Crippen LogP contribution in [0.4, 0.5) is 11.4 Å². The van der Waals surface area contributed by atoms with Crippen LogP contribution in [0.1, 0.15) is 0 Å². The lowest BCUT2D eigenvalue weighted by Gasteiger charge is -2.11. The van der Waals surface area contributed by atoms with Crippen LogP contribution in [0, 0.1) is 0 Å². The van der Waals surface area contributed by atoms with Crippen LogP contribution in [0.3, 0.4) is 0 Å². The molecule has 168 valence electrons. The molecule has 2 N–H and O–H groups in total. The molecule has 33 heavy (non-hydrogen) atoms. The van der Waals surface area contributed by atoms with Crippen LogP contribution < -0.4 is 19.5 Å². The number of sulfonamides is 1. The van der Waals surface area contributed by atoms with Crippen molar-refractivity contribution in [3.05, 3.63) is 91.0 Å². The quantitative estimate of drug-likeness (QED) is 0.397. The first-order valence-corrected chi connectivity index (χ1v) is 11.6. The molecule has 0 heterocycles. The van der Waals surface area contributed by atoms with Gasteiger partial charge in [-0.25, -0.2) is 8.42 Å². The van der Waals surface area contributed by atoms with E-state index >= 15 is 0 Å². The zero-order valence-corrected chi connectivity index (χ0v) is 18.6. The fourth-order valence-electron chi connectivity index (χ4n) is 3.19. The molecule has 0 spiro atoms. The zero-order chi connectivity index (χ0) is 23.3. The fourth-order valence-corrected chi connectivity index (χ4v) is 4.25. The third-order valence-corrected chi connectivity index (χ3v) is 6.28. The van der Waals surface area contributed by atoms with Gasteiger partial charge in [0.2, 0.25) is 0 Å². The highest BCUT2D eigenvalue weighted by atomic mass is 32.2. The number of anilines is 2. The van der Waals surface area contributed by atoms with E-state index in [4.69, 9.17) is 9.47 Å². The summed E-state index contributed by atoms with van der Waals surface area (Å²) in [6.07, 6.45) is 0. The number of methoxy groups -OCH3 is 1. The molecule has 0 radical (unpaired) electrons. The molecular formula is C25H22N2O5S. The summed E-state index contributed by atoms with van der Waals surface area (Å²) in [5.41, 5.74) is 0.879. The lowest BCUT2D eigenvalue weighted by molar-refractivity contribution is -0.118. The smallest absolute Gasteiger partial charge is 0.262 e. The summed E-state index contributed by atoms with van der Waals surface area (Å²) < 4.78 is 38.3. The van der Waals surface area contributed by atoms with E-state index in [0.29, 0.717) is 22.9 Å². The van der Waals surface area contributed by atoms with E-state index < -0.39 is 10.0 Å². The topological polar surface area (TPSA) is 93.7 Å². The van der Waals surface area contributed by atoms with Gasteiger partial charge in [0.05, 0.1) is 12.0 Å². The number of nitrogens with one attached hydrogen (secondary N) is 2. The molecule has 7 nitrogen and oxygen atoms in total. The Morgan fingerprint density at radius 2 is 1.42 bits per heavy atom. The van der Waals surface area contributed by atoms with Crippen molar-refractivity contribution in [1.29, 1.82) is 0 Å². The standard InChI is InChI=1S/C25H22N2O5S/c1-31-22-12-7-21(8-13-22)27-33(29,30)24-14-9-20(10-15-24)26-25(28)17-32-23-11-6-18-4-2-3-5-19(18)16-23/h2-16,27H,17H2,1H3,(H,26,28). The van der Waals surface area contributed by atoms with Crippen molar-refractivity contribution in [3.8, 4) is 11.5 Å².